The van der Waals surface area contributed by atoms with Gasteiger partial charge in [-0.05, 0) is 25.5 Å². The molecule has 0 aliphatic rings. The van der Waals surface area contributed by atoms with Crippen LogP contribution in [0.25, 0.3) is 0 Å². The number of nitrogens with one attached hydrogen (secondary N) is 1. The summed E-state index contributed by atoms with van der Waals surface area (Å²) in [7, 11) is -3.65. The maximum Gasteiger partial charge on any atom is 0.274 e. The summed E-state index contributed by atoms with van der Waals surface area (Å²) in [5.41, 5.74) is 1.00. The lowest BCUT2D eigenvalue weighted by molar-refractivity contribution is 0.223. The summed E-state index contributed by atoms with van der Waals surface area (Å²) in [4.78, 5) is 0. The molecule has 0 heterocycles. The van der Waals surface area contributed by atoms with E-state index in [0.29, 0.717) is 0 Å². The zero-order valence-corrected chi connectivity index (χ0v) is 10.1. The molecule has 90 valence electrons. The number of hydrogen-bond acceptors (Lipinski definition) is 3. The lowest BCUT2D eigenvalue weighted by Crippen LogP contribution is -2.37. The highest BCUT2D eigenvalue weighted by molar-refractivity contribution is 7.87. The third kappa shape index (κ3) is 4.61. The molecule has 0 fully saturated rings. The van der Waals surface area contributed by atoms with Crippen LogP contribution in [-0.2, 0) is 10.2 Å². The van der Waals surface area contributed by atoms with Gasteiger partial charge in [-0.15, -0.1) is 0 Å². The minimum Gasteiger partial charge on any atom is -0.489 e. The van der Waals surface area contributed by atoms with Crippen molar-refractivity contribution in [2.75, 3.05) is 6.54 Å². The van der Waals surface area contributed by atoms with Crippen molar-refractivity contribution in [1.29, 1.82) is 0 Å². The van der Waals surface area contributed by atoms with Crippen LogP contribution in [0.5, 0.6) is 5.75 Å². The van der Waals surface area contributed by atoms with E-state index in [2.05, 4.69) is 4.72 Å². The molecule has 0 spiro atoms. The fraction of sp³-hybridized carbons (Fsp3) is 0.400. The van der Waals surface area contributed by atoms with Crippen LogP contribution >= 0.6 is 0 Å². The molecule has 0 aromatic heterocycles. The molecule has 6 heteroatoms. The van der Waals surface area contributed by atoms with Gasteiger partial charge in [0.2, 0.25) is 0 Å². The number of ether oxygens (including phenoxy) is 1. The summed E-state index contributed by atoms with van der Waals surface area (Å²) in [6.45, 7) is 3.84. The fourth-order valence-corrected chi connectivity index (χ4v) is 1.65. The second kappa shape index (κ2) is 5.29. The average Bonchev–Trinajstić information content (AvgIpc) is 2.18. The van der Waals surface area contributed by atoms with Crippen molar-refractivity contribution in [1.82, 2.24) is 4.72 Å². The maximum atomic E-state index is 10.7. The van der Waals surface area contributed by atoms with Gasteiger partial charge in [0.25, 0.3) is 10.2 Å². The van der Waals surface area contributed by atoms with Crippen molar-refractivity contribution in [3.8, 4) is 5.75 Å². The second-order valence-electron chi connectivity index (χ2n) is 3.59. The molecule has 1 aromatic carbocycles. The van der Waals surface area contributed by atoms with Crippen LogP contribution in [0.4, 0.5) is 0 Å². The third-order valence-corrected chi connectivity index (χ3v) is 2.56. The third-order valence-electron chi connectivity index (χ3n) is 1.99. The molecule has 1 rings (SSSR count). The van der Waals surface area contributed by atoms with E-state index in [4.69, 9.17) is 9.88 Å². The van der Waals surface area contributed by atoms with Gasteiger partial charge in [0.15, 0.2) is 0 Å². The van der Waals surface area contributed by atoms with Gasteiger partial charge in [0, 0.05) is 6.54 Å². The summed E-state index contributed by atoms with van der Waals surface area (Å²) >= 11 is 0. The Hall–Kier alpha value is -1.11. The predicted octanol–water partition coefficient (Wildman–Crippen LogP) is 0.555. The molecular weight excluding hydrogens is 228 g/mol. The number of para-hydroxylation sites is 1. The van der Waals surface area contributed by atoms with E-state index in [-0.39, 0.29) is 12.6 Å². The van der Waals surface area contributed by atoms with Crippen LogP contribution in [0.3, 0.4) is 0 Å². The highest BCUT2D eigenvalue weighted by Crippen LogP contribution is 2.17. The first kappa shape index (κ1) is 13.0. The van der Waals surface area contributed by atoms with E-state index in [1.54, 1.807) is 6.92 Å². The van der Waals surface area contributed by atoms with Crippen molar-refractivity contribution in [3.05, 3.63) is 29.8 Å². The second-order valence-corrected chi connectivity index (χ2v) is 4.97. The number of nitrogens with two attached hydrogens (primary N) is 1. The lowest BCUT2D eigenvalue weighted by Gasteiger charge is -2.16. The number of aryl methyl sites for hydroxylation is 1. The Kier molecular flexibility index (Phi) is 4.28. The molecule has 0 amide bonds. The largest absolute Gasteiger partial charge is 0.489 e. The number of benzene rings is 1. The Labute approximate surface area is 95.8 Å². The SMILES string of the molecule is Cc1ccccc1O[C@@H](C)CNS(N)(=O)=O. The van der Waals surface area contributed by atoms with Crippen LogP contribution in [-0.4, -0.2) is 21.1 Å². The van der Waals surface area contributed by atoms with Crippen molar-refractivity contribution in [2.24, 2.45) is 5.14 Å². The minimum absolute atomic E-state index is 0.146. The normalized spacial score (nSPS) is 13.4. The lowest BCUT2D eigenvalue weighted by atomic mass is 10.2. The minimum atomic E-state index is -3.65. The van der Waals surface area contributed by atoms with Crippen molar-refractivity contribution in [2.45, 2.75) is 20.0 Å². The smallest absolute Gasteiger partial charge is 0.274 e. The van der Waals surface area contributed by atoms with Gasteiger partial charge in [-0.25, -0.2) is 5.14 Å². The van der Waals surface area contributed by atoms with E-state index in [1.165, 1.54) is 0 Å². The molecule has 0 aliphatic heterocycles. The van der Waals surface area contributed by atoms with Crippen molar-refractivity contribution in [3.63, 3.8) is 0 Å². The van der Waals surface area contributed by atoms with E-state index in [0.717, 1.165) is 11.3 Å². The van der Waals surface area contributed by atoms with Gasteiger partial charge in [-0.1, -0.05) is 18.2 Å². The summed E-state index contributed by atoms with van der Waals surface area (Å²) < 4.78 is 29.1. The summed E-state index contributed by atoms with van der Waals surface area (Å²) in [6, 6.07) is 7.54. The van der Waals surface area contributed by atoms with Gasteiger partial charge in [-0.3, -0.25) is 0 Å². The molecule has 5 nitrogen and oxygen atoms in total. The Morgan fingerprint density at radius 2 is 2.06 bits per heavy atom. The molecule has 1 aromatic rings. The van der Waals surface area contributed by atoms with Gasteiger partial charge < -0.3 is 4.74 Å². The Morgan fingerprint density at radius 3 is 2.62 bits per heavy atom. The maximum absolute atomic E-state index is 10.7. The quantitative estimate of drug-likeness (QED) is 0.794. The first-order valence-electron chi connectivity index (χ1n) is 4.88. The van der Waals surface area contributed by atoms with Crippen LogP contribution in [0, 0.1) is 6.92 Å². The van der Waals surface area contributed by atoms with Crippen LogP contribution < -0.4 is 14.6 Å². The topological polar surface area (TPSA) is 81.4 Å². The molecule has 0 unspecified atom stereocenters. The molecule has 0 aliphatic carbocycles. The molecule has 0 saturated heterocycles. The van der Waals surface area contributed by atoms with E-state index in [9.17, 15) is 8.42 Å². The molecule has 3 N–H and O–H groups in total. The highest BCUT2D eigenvalue weighted by Gasteiger charge is 2.08. The number of hydrogen-bond donors (Lipinski definition) is 2. The van der Waals surface area contributed by atoms with Crippen molar-refractivity contribution >= 4 is 10.2 Å². The van der Waals surface area contributed by atoms with Gasteiger partial charge in [0.05, 0.1) is 0 Å². The zero-order chi connectivity index (χ0) is 12.2. The zero-order valence-electron chi connectivity index (χ0n) is 9.30. The summed E-state index contributed by atoms with van der Waals surface area (Å²) in [5.74, 6) is 0.742. The first-order chi connectivity index (χ1) is 7.38. The summed E-state index contributed by atoms with van der Waals surface area (Å²) in [6.07, 6.45) is -0.278. The molecule has 0 radical (unpaired) electrons. The standard InChI is InChI=1S/C10H16N2O3S/c1-8-5-3-4-6-10(8)15-9(2)7-12-16(11,13)14/h3-6,9,12H,7H2,1-2H3,(H2,11,13,14)/t9-/m0/s1. The Morgan fingerprint density at radius 1 is 1.44 bits per heavy atom. The Bertz CT molecular complexity index is 445. The van der Waals surface area contributed by atoms with E-state index in [1.807, 2.05) is 31.2 Å². The fourth-order valence-electron chi connectivity index (χ4n) is 1.18. The average molecular weight is 244 g/mol. The van der Waals surface area contributed by atoms with Crippen LogP contribution in [0.15, 0.2) is 24.3 Å². The summed E-state index contributed by atoms with van der Waals surface area (Å²) in [5, 5.41) is 4.81. The van der Waals surface area contributed by atoms with E-state index < -0.39 is 10.2 Å². The molecule has 0 bridgehead atoms. The molecule has 1 atom stereocenters. The van der Waals surface area contributed by atoms with Crippen LogP contribution in [0.2, 0.25) is 0 Å². The van der Waals surface area contributed by atoms with Gasteiger partial charge in [0.1, 0.15) is 11.9 Å². The predicted molar refractivity (Wildman–Crippen MR) is 62.4 cm³/mol. The molecule has 0 saturated carbocycles. The Balaban J connectivity index is 2.52. The van der Waals surface area contributed by atoms with E-state index >= 15 is 0 Å². The molecular formula is C10H16N2O3S. The monoisotopic (exact) mass is 244 g/mol. The van der Waals surface area contributed by atoms with Gasteiger partial charge >= 0.3 is 0 Å². The van der Waals surface area contributed by atoms with Gasteiger partial charge in [-0.2, -0.15) is 13.1 Å². The van der Waals surface area contributed by atoms with Crippen molar-refractivity contribution < 1.29 is 13.2 Å². The number of rotatable bonds is 5. The first-order valence-corrected chi connectivity index (χ1v) is 6.43. The van der Waals surface area contributed by atoms with Crippen LogP contribution in [0.1, 0.15) is 12.5 Å². The molecule has 16 heavy (non-hydrogen) atoms. The highest BCUT2D eigenvalue weighted by atomic mass is 32.2.